The number of aromatic nitrogens is 3. The Balaban J connectivity index is 1.63. The van der Waals surface area contributed by atoms with Crippen LogP contribution in [0.2, 0.25) is 0 Å². The summed E-state index contributed by atoms with van der Waals surface area (Å²) in [5.41, 5.74) is 0.360. The van der Waals surface area contributed by atoms with Gasteiger partial charge in [0.2, 0.25) is 0 Å². The lowest BCUT2D eigenvalue weighted by atomic mass is 10.0. The van der Waals surface area contributed by atoms with Crippen LogP contribution >= 0.6 is 0 Å². The number of piperidine rings is 1. The van der Waals surface area contributed by atoms with Crippen molar-refractivity contribution in [2.75, 3.05) is 27.3 Å². The molecule has 1 saturated heterocycles. The lowest BCUT2D eigenvalue weighted by molar-refractivity contribution is 0.0768. The molecule has 0 saturated carbocycles. The van der Waals surface area contributed by atoms with Crippen molar-refractivity contribution in [3.63, 3.8) is 0 Å². The molecule has 0 spiro atoms. The molecule has 0 aromatic carbocycles. The molecule has 0 amide bonds. The van der Waals surface area contributed by atoms with Crippen LogP contribution in [0.15, 0.2) is 18.5 Å². The maximum absolute atomic E-state index is 14.5. The number of rotatable bonds is 6. The molecule has 0 bridgehead atoms. The van der Waals surface area contributed by atoms with Crippen LogP contribution in [0.5, 0.6) is 17.4 Å². The minimum atomic E-state index is -0.393. The Kier molecular flexibility index (Phi) is 6.05. The molecule has 0 radical (unpaired) electrons. The van der Waals surface area contributed by atoms with Crippen molar-refractivity contribution in [2.24, 2.45) is 0 Å². The number of aryl methyl sites for hydroxylation is 1. The van der Waals surface area contributed by atoms with Crippen molar-refractivity contribution < 1.29 is 18.6 Å². The first kappa shape index (κ1) is 19.3. The van der Waals surface area contributed by atoms with Gasteiger partial charge in [0.1, 0.15) is 17.7 Å². The van der Waals surface area contributed by atoms with Crippen LogP contribution in [0.1, 0.15) is 37.3 Å². The maximum Gasteiger partial charge on any atom is 0.257 e. The van der Waals surface area contributed by atoms with Crippen LogP contribution in [0.25, 0.3) is 0 Å². The van der Waals surface area contributed by atoms with Crippen molar-refractivity contribution in [2.45, 2.75) is 38.8 Å². The first-order valence-electron chi connectivity index (χ1n) is 8.99. The van der Waals surface area contributed by atoms with E-state index >= 15 is 0 Å². The zero-order chi connectivity index (χ0) is 19.4. The minimum Gasteiger partial charge on any atom is -0.491 e. The highest BCUT2D eigenvalue weighted by Crippen LogP contribution is 2.32. The third-order valence-corrected chi connectivity index (χ3v) is 4.83. The first-order valence-corrected chi connectivity index (χ1v) is 8.99. The molecular weight excluding hydrogens is 351 g/mol. The van der Waals surface area contributed by atoms with E-state index in [9.17, 15) is 4.39 Å². The third-order valence-electron chi connectivity index (χ3n) is 4.83. The Morgan fingerprint density at radius 3 is 2.41 bits per heavy atom. The molecule has 7 nitrogen and oxygen atoms in total. The highest BCUT2D eigenvalue weighted by atomic mass is 19.1. The number of halogens is 1. The molecule has 1 aliphatic rings. The van der Waals surface area contributed by atoms with Crippen LogP contribution < -0.4 is 14.2 Å². The Morgan fingerprint density at radius 2 is 1.81 bits per heavy atom. The van der Waals surface area contributed by atoms with Gasteiger partial charge in [0.15, 0.2) is 11.5 Å². The summed E-state index contributed by atoms with van der Waals surface area (Å²) in [5, 5.41) is 0. The number of nitrogens with zero attached hydrogens (tertiary/aromatic N) is 4. The van der Waals surface area contributed by atoms with Crippen LogP contribution in [0.4, 0.5) is 4.39 Å². The lowest BCUT2D eigenvalue weighted by Crippen LogP contribution is -2.40. The van der Waals surface area contributed by atoms with Gasteiger partial charge in [-0.05, 0) is 26.7 Å². The molecule has 8 heteroatoms. The largest absolute Gasteiger partial charge is 0.491 e. The molecule has 1 unspecified atom stereocenters. The van der Waals surface area contributed by atoms with Crippen molar-refractivity contribution in [3.8, 4) is 17.4 Å². The Hall–Kier alpha value is -2.48. The van der Waals surface area contributed by atoms with Gasteiger partial charge in [0.05, 0.1) is 38.3 Å². The second-order valence-corrected chi connectivity index (χ2v) is 6.56. The lowest BCUT2D eigenvalue weighted by Gasteiger charge is -2.35. The number of ether oxygens (including phenoxy) is 3. The van der Waals surface area contributed by atoms with E-state index in [1.165, 1.54) is 20.3 Å². The SMILES string of the molecule is COc1cc(F)c(C(C)N2CCC(Oc3cnc(C)nc3)CC2)nc1OC. The average molecular weight is 376 g/mol. The molecule has 3 heterocycles. The normalized spacial score (nSPS) is 16.8. The summed E-state index contributed by atoms with van der Waals surface area (Å²) in [5.74, 6) is 1.59. The second kappa shape index (κ2) is 8.47. The van der Waals surface area contributed by atoms with Gasteiger partial charge in [0, 0.05) is 19.2 Å². The van der Waals surface area contributed by atoms with Gasteiger partial charge in [-0.1, -0.05) is 0 Å². The Labute approximate surface area is 158 Å². The second-order valence-electron chi connectivity index (χ2n) is 6.56. The fraction of sp³-hybridized carbons (Fsp3) is 0.526. The third kappa shape index (κ3) is 4.44. The van der Waals surface area contributed by atoms with Crippen LogP contribution in [-0.4, -0.2) is 53.3 Å². The molecule has 1 atom stereocenters. The van der Waals surface area contributed by atoms with Gasteiger partial charge in [-0.2, -0.15) is 0 Å². The van der Waals surface area contributed by atoms with E-state index in [2.05, 4.69) is 19.9 Å². The number of hydrogen-bond acceptors (Lipinski definition) is 7. The fourth-order valence-corrected chi connectivity index (χ4v) is 3.24. The standard InChI is InChI=1S/C19H25FN4O3/c1-12(18-16(20)9-17(25-3)19(23-18)26-4)24-7-5-14(6-8-24)27-15-10-21-13(2)22-11-15/h9-12,14H,5-8H2,1-4H3. The van der Waals surface area contributed by atoms with Crippen molar-refractivity contribution in [1.29, 1.82) is 0 Å². The van der Waals surface area contributed by atoms with E-state index in [4.69, 9.17) is 14.2 Å². The fourth-order valence-electron chi connectivity index (χ4n) is 3.24. The van der Waals surface area contributed by atoms with Gasteiger partial charge >= 0.3 is 0 Å². The van der Waals surface area contributed by atoms with E-state index in [1.54, 1.807) is 12.4 Å². The molecule has 27 heavy (non-hydrogen) atoms. The van der Waals surface area contributed by atoms with Gasteiger partial charge in [-0.25, -0.2) is 19.3 Å². The maximum atomic E-state index is 14.5. The van der Waals surface area contributed by atoms with Crippen LogP contribution in [0, 0.1) is 12.7 Å². The summed E-state index contributed by atoms with van der Waals surface area (Å²) in [7, 11) is 2.96. The molecule has 3 rings (SSSR count). The number of methoxy groups -OCH3 is 2. The van der Waals surface area contributed by atoms with E-state index in [-0.39, 0.29) is 12.1 Å². The van der Waals surface area contributed by atoms with Crippen LogP contribution in [0.3, 0.4) is 0 Å². The van der Waals surface area contributed by atoms with Crippen molar-refractivity contribution >= 4 is 0 Å². The summed E-state index contributed by atoms with van der Waals surface area (Å²) in [6, 6.07) is 1.15. The zero-order valence-electron chi connectivity index (χ0n) is 16.1. The predicted octanol–water partition coefficient (Wildman–Crippen LogP) is 2.94. The summed E-state index contributed by atoms with van der Waals surface area (Å²) < 4.78 is 30.8. The Morgan fingerprint density at radius 1 is 1.15 bits per heavy atom. The smallest absolute Gasteiger partial charge is 0.257 e. The van der Waals surface area contributed by atoms with Gasteiger partial charge in [-0.15, -0.1) is 0 Å². The van der Waals surface area contributed by atoms with Crippen molar-refractivity contribution in [3.05, 3.63) is 35.8 Å². The molecule has 1 aliphatic heterocycles. The molecule has 2 aromatic rings. The van der Waals surface area contributed by atoms with Gasteiger partial charge in [-0.3, -0.25) is 4.90 Å². The summed E-state index contributed by atoms with van der Waals surface area (Å²) in [6.45, 7) is 5.36. The minimum absolute atomic E-state index is 0.1000. The number of pyridine rings is 1. The van der Waals surface area contributed by atoms with Crippen molar-refractivity contribution in [1.82, 2.24) is 19.9 Å². The quantitative estimate of drug-likeness (QED) is 0.768. The van der Waals surface area contributed by atoms with E-state index in [0.717, 1.165) is 31.8 Å². The topological polar surface area (TPSA) is 69.6 Å². The molecule has 2 aromatic heterocycles. The first-order chi connectivity index (χ1) is 13.0. The molecule has 1 fully saturated rings. The zero-order valence-corrected chi connectivity index (χ0v) is 16.1. The molecule has 0 aliphatic carbocycles. The number of likely N-dealkylation sites (tertiary alicyclic amines) is 1. The highest BCUT2D eigenvalue weighted by Gasteiger charge is 2.28. The molecule has 146 valence electrons. The summed E-state index contributed by atoms with van der Waals surface area (Å²) >= 11 is 0. The Bertz CT molecular complexity index is 764. The van der Waals surface area contributed by atoms with E-state index < -0.39 is 5.82 Å². The monoisotopic (exact) mass is 376 g/mol. The van der Waals surface area contributed by atoms with E-state index in [0.29, 0.717) is 23.1 Å². The summed E-state index contributed by atoms with van der Waals surface area (Å²) in [6.07, 6.45) is 5.17. The predicted molar refractivity (Wildman–Crippen MR) is 97.7 cm³/mol. The summed E-state index contributed by atoms with van der Waals surface area (Å²) in [4.78, 5) is 14.8. The van der Waals surface area contributed by atoms with E-state index in [1.807, 2.05) is 13.8 Å². The highest BCUT2D eigenvalue weighted by molar-refractivity contribution is 5.36. The molecular formula is C19H25FN4O3. The van der Waals surface area contributed by atoms with Gasteiger partial charge in [0.25, 0.3) is 5.88 Å². The van der Waals surface area contributed by atoms with Gasteiger partial charge < -0.3 is 14.2 Å². The molecule has 0 N–H and O–H groups in total. The number of hydrogen-bond donors (Lipinski definition) is 0. The van der Waals surface area contributed by atoms with Crippen LogP contribution in [-0.2, 0) is 0 Å². The average Bonchev–Trinajstić information content (AvgIpc) is 2.69.